The van der Waals surface area contributed by atoms with Gasteiger partial charge in [0, 0.05) is 54.9 Å². The monoisotopic (exact) mass is 349 g/mol. The highest BCUT2D eigenvalue weighted by Gasteiger charge is 2.54. The number of carboxylic acid groups (broad SMARTS) is 1. The van der Waals surface area contributed by atoms with Crippen molar-refractivity contribution in [1.29, 1.82) is 0 Å². The molecule has 3 fully saturated rings. The first-order chi connectivity index (χ1) is 11.7. The quantitative estimate of drug-likeness (QED) is 0.850. The molecule has 24 heavy (non-hydrogen) atoms. The Hall–Kier alpha value is -0.950. The largest absolute Gasteiger partial charge is 0.481 e. The van der Waals surface area contributed by atoms with Crippen LogP contribution in [0.25, 0.3) is 0 Å². The number of fused-ring (bicyclic) bond motifs is 1. The standard InChI is InChI=1S/C18H27N3O2S/c22-17(23)18-12-19-8-14(18)9-21(13-18)11-16-5-4-15(24-16)10-20-6-2-1-3-7-20/h4-5,14,19H,1-3,6-13H2,(H,22,23)/t14-,18-/m1/s1. The molecule has 0 saturated carbocycles. The van der Waals surface area contributed by atoms with Crippen LogP contribution in [-0.2, 0) is 17.9 Å². The smallest absolute Gasteiger partial charge is 0.312 e. The maximum absolute atomic E-state index is 11.8. The molecule has 3 aliphatic heterocycles. The van der Waals surface area contributed by atoms with Crippen molar-refractivity contribution in [3.8, 4) is 0 Å². The average Bonchev–Trinajstić information content (AvgIpc) is 3.23. The third-order valence-electron chi connectivity index (χ3n) is 5.95. The molecule has 4 rings (SSSR count). The summed E-state index contributed by atoms with van der Waals surface area (Å²) in [6.45, 7) is 7.48. The van der Waals surface area contributed by atoms with Crippen molar-refractivity contribution in [2.45, 2.75) is 32.4 Å². The van der Waals surface area contributed by atoms with Crippen LogP contribution in [-0.4, -0.2) is 60.1 Å². The number of thiophene rings is 1. The first kappa shape index (κ1) is 16.5. The van der Waals surface area contributed by atoms with Crippen LogP contribution >= 0.6 is 11.3 Å². The van der Waals surface area contributed by atoms with Gasteiger partial charge < -0.3 is 10.4 Å². The fourth-order valence-corrected chi connectivity index (χ4v) is 5.70. The molecule has 0 amide bonds. The molecule has 3 aliphatic rings. The van der Waals surface area contributed by atoms with Gasteiger partial charge in [-0.25, -0.2) is 0 Å². The van der Waals surface area contributed by atoms with Crippen LogP contribution in [0.5, 0.6) is 0 Å². The molecule has 0 aromatic carbocycles. The summed E-state index contributed by atoms with van der Waals surface area (Å²) in [5.41, 5.74) is -0.562. The van der Waals surface area contributed by atoms with Crippen molar-refractivity contribution < 1.29 is 9.90 Å². The van der Waals surface area contributed by atoms with Gasteiger partial charge in [0.05, 0.1) is 5.41 Å². The Morgan fingerprint density at radius 2 is 1.92 bits per heavy atom. The fourth-order valence-electron chi connectivity index (χ4n) is 4.60. The molecular formula is C18H27N3O2S. The second kappa shape index (κ2) is 6.75. The SMILES string of the molecule is O=C(O)[C@@]12CNC[C@@H]1CN(Cc1ccc(CN3CCCCC3)s1)C2. The Labute approximate surface area is 147 Å². The van der Waals surface area contributed by atoms with E-state index in [1.165, 1.54) is 42.1 Å². The van der Waals surface area contributed by atoms with Crippen LogP contribution in [0.4, 0.5) is 0 Å². The minimum absolute atomic E-state index is 0.253. The number of aliphatic carboxylic acids is 1. The van der Waals surface area contributed by atoms with Gasteiger partial charge >= 0.3 is 5.97 Å². The fraction of sp³-hybridized carbons (Fsp3) is 0.722. The summed E-state index contributed by atoms with van der Waals surface area (Å²) < 4.78 is 0. The number of nitrogens with zero attached hydrogens (tertiary/aromatic N) is 2. The summed E-state index contributed by atoms with van der Waals surface area (Å²) in [4.78, 5) is 19.5. The molecule has 0 spiro atoms. The molecule has 6 heteroatoms. The molecule has 3 saturated heterocycles. The van der Waals surface area contributed by atoms with Gasteiger partial charge in [0.2, 0.25) is 0 Å². The van der Waals surface area contributed by atoms with E-state index in [0.717, 1.165) is 26.2 Å². The molecule has 2 N–H and O–H groups in total. The van der Waals surface area contributed by atoms with Gasteiger partial charge in [0.15, 0.2) is 0 Å². The molecule has 0 unspecified atom stereocenters. The number of carboxylic acids is 1. The van der Waals surface area contributed by atoms with Crippen LogP contribution in [0.1, 0.15) is 29.0 Å². The minimum Gasteiger partial charge on any atom is -0.481 e. The van der Waals surface area contributed by atoms with Gasteiger partial charge in [-0.3, -0.25) is 14.6 Å². The third kappa shape index (κ3) is 3.12. The molecule has 1 aromatic heterocycles. The summed E-state index contributed by atoms with van der Waals surface area (Å²) in [7, 11) is 0. The summed E-state index contributed by atoms with van der Waals surface area (Å²) in [5, 5.41) is 12.9. The molecule has 132 valence electrons. The van der Waals surface area contributed by atoms with Gasteiger partial charge in [-0.1, -0.05) is 6.42 Å². The van der Waals surface area contributed by atoms with Crippen LogP contribution in [0.15, 0.2) is 12.1 Å². The maximum atomic E-state index is 11.8. The van der Waals surface area contributed by atoms with Crippen LogP contribution in [0.3, 0.4) is 0 Å². The molecule has 5 nitrogen and oxygen atoms in total. The molecule has 0 radical (unpaired) electrons. The molecule has 0 bridgehead atoms. The Kier molecular flexibility index (Phi) is 4.64. The van der Waals surface area contributed by atoms with Crippen LogP contribution < -0.4 is 5.32 Å². The lowest BCUT2D eigenvalue weighted by Crippen LogP contribution is -2.40. The lowest BCUT2D eigenvalue weighted by atomic mass is 9.81. The number of piperidine rings is 1. The predicted molar refractivity (Wildman–Crippen MR) is 95.2 cm³/mol. The highest BCUT2D eigenvalue weighted by molar-refractivity contribution is 7.11. The zero-order chi connectivity index (χ0) is 16.6. The lowest BCUT2D eigenvalue weighted by molar-refractivity contribution is -0.148. The van der Waals surface area contributed by atoms with E-state index in [2.05, 4.69) is 27.2 Å². The van der Waals surface area contributed by atoms with E-state index in [9.17, 15) is 9.90 Å². The van der Waals surface area contributed by atoms with Crippen molar-refractivity contribution in [1.82, 2.24) is 15.1 Å². The van der Waals surface area contributed by atoms with Crippen molar-refractivity contribution in [2.75, 3.05) is 39.3 Å². The highest BCUT2D eigenvalue weighted by atomic mass is 32.1. The second-order valence-corrected chi connectivity index (χ2v) is 8.92. The Bertz CT molecular complexity index is 599. The first-order valence-corrected chi connectivity index (χ1v) is 9.94. The topological polar surface area (TPSA) is 55.8 Å². The van der Waals surface area contributed by atoms with E-state index < -0.39 is 11.4 Å². The lowest BCUT2D eigenvalue weighted by Gasteiger charge is -2.25. The van der Waals surface area contributed by atoms with Gasteiger partial charge in [-0.15, -0.1) is 11.3 Å². The summed E-state index contributed by atoms with van der Waals surface area (Å²) in [6, 6.07) is 4.50. The summed E-state index contributed by atoms with van der Waals surface area (Å²) in [5.74, 6) is -0.375. The van der Waals surface area contributed by atoms with Crippen molar-refractivity contribution >= 4 is 17.3 Å². The number of likely N-dealkylation sites (tertiary alicyclic amines) is 2. The van der Waals surface area contributed by atoms with E-state index in [-0.39, 0.29) is 5.92 Å². The van der Waals surface area contributed by atoms with Crippen molar-refractivity contribution in [2.24, 2.45) is 11.3 Å². The van der Waals surface area contributed by atoms with E-state index >= 15 is 0 Å². The van der Waals surface area contributed by atoms with Gasteiger partial charge in [-0.05, 0) is 38.1 Å². The van der Waals surface area contributed by atoms with Crippen molar-refractivity contribution in [3.63, 3.8) is 0 Å². The Morgan fingerprint density at radius 1 is 1.21 bits per heavy atom. The van der Waals surface area contributed by atoms with E-state index in [0.29, 0.717) is 13.1 Å². The van der Waals surface area contributed by atoms with E-state index in [4.69, 9.17) is 0 Å². The van der Waals surface area contributed by atoms with Crippen LogP contribution in [0, 0.1) is 11.3 Å². The second-order valence-electron chi connectivity index (χ2n) is 7.66. The molecular weight excluding hydrogens is 322 g/mol. The number of nitrogens with one attached hydrogen (secondary N) is 1. The highest BCUT2D eigenvalue weighted by Crippen LogP contribution is 2.40. The first-order valence-electron chi connectivity index (χ1n) is 9.12. The number of rotatable bonds is 5. The summed E-state index contributed by atoms with van der Waals surface area (Å²) in [6.07, 6.45) is 4.04. The van der Waals surface area contributed by atoms with Crippen molar-refractivity contribution in [3.05, 3.63) is 21.9 Å². The third-order valence-corrected chi connectivity index (χ3v) is 7.00. The molecule has 1 aromatic rings. The average molecular weight is 350 g/mol. The van der Waals surface area contributed by atoms with E-state index in [1.54, 1.807) is 0 Å². The van der Waals surface area contributed by atoms with E-state index in [1.807, 2.05) is 11.3 Å². The molecule has 4 heterocycles. The number of hydrogen-bond acceptors (Lipinski definition) is 5. The van der Waals surface area contributed by atoms with Gasteiger partial charge in [0.25, 0.3) is 0 Å². The predicted octanol–water partition coefficient (Wildman–Crippen LogP) is 1.84. The normalized spacial score (nSPS) is 31.4. The summed E-state index contributed by atoms with van der Waals surface area (Å²) >= 11 is 1.90. The minimum atomic E-state index is -0.628. The van der Waals surface area contributed by atoms with Gasteiger partial charge in [-0.2, -0.15) is 0 Å². The number of hydrogen-bond donors (Lipinski definition) is 2. The van der Waals surface area contributed by atoms with Crippen LogP contribution in [0.2, 0.25) is 0 Å². The zero-order valence-corrected chi connectivity index (χ0v) is 15.0. The number of carbonyl (C=O) groups is 1. The Morgan fingerprint density at radius 3 is 2.58 bits per heavy atom. The Balaban J connectivity index is 1.36. The molecule has 0 aliphatic carbocycles. The molecule has 2 atom stereocenters. The van der Waals surface area contributed by atoms with Gasteiger partial charge in [0.1, 0.15) is 0 Å². The zero-order valence-electron chi connectivity index (χ0n) is 14.2. The maximum Gasteiger partial charge on any atom is 0.312 e.